The number of anilines is 1. The molecule has 1 amide bonds. The predicted molar refractivity (Wildman–Crippen MR) is 87.3 cm³/mol. The Morgan fingerprint density at radius 2 is 1.88 bits per heavy atom. The number of nitrogens with one attached hydrogen (secondary N) is 2. The number of rotatable bonds is 5. The van der Waals surface area contributed by atoms with E-state index in [4.69, 9.17) is 0 Å². The number of piperidine rings is 1. The van der Waals surface area contributed by atoms with E-state index in [0.717, 1.165) is 24.9 Å². The maximum atomic E-state index is 12.2. The number of likely N-dealkylation sites (tertiary alicyclic amines) is 1. The summed E-state index contributed by atoms with van der Waals surface area (Å²) in [6.07, 6.45) is 6.58. The van der Waals surface area contributed by atoms with Crippen LogP contribution in [0.1, 0.15) is 32.1 Å². The highest BCUT2D eigenvalue weighted by molar-refractivity contribution is 5.91. The van der Waals surface area contributed by atoms with Crippen LogP contribution in [0.15, 0.2) is 24.3 Å². The fourth-order valence-electron chi connectivity index (χ4n) is 4.11. The molecule has 2 aliphatic rings. The van der Waals surface area contributed by atoms with Crippen molar-refractivity contribution in [3.05, 3.63) is 24.3 Å². The number of hydrogen-bond acceptors (Lipinski definition) is 2. The van der Waals surface area contributed by atoms with Crippen molar-refractivity contribution in [2.24, 2.45) is 11.8 Å². The van der Waals surface area contributed by atoms with E-state index < -0.39 is 6.61 Å². The molecule has 4 nitrogen and oxygen atoms in total. The van der Waals surface area contributed by atoms with Crippen molar-refractivity contribution in [3.8, 4) is 5.75 Å². The number of quaternary nitrogens is 1. The second kappa shape index (κ2) is 7.92. The first-order valence-corrected chi connectivity index (χ1v) is 8.78. The summed E-state index contributed by atoms with van der Waals surface area (Å²) in [5.74, 6) is 1.71. The van der Waals surface area contributed by atoms with Crippen LogP contribution in [0, 0.1) is 11.8 Å². The van der Waals surface area contributed by atoms with Crippen molar-refractivity contribution in [3.63, 3.8) is 0 Å². The summed E-state index contributed by atoms with van der Waals surface area (Å²) < 4.78 is 28.5. The second-order valence-electron chi connectivity index (χ2n) is 6.93. The minimum absolute atomic E-state index is 0.0261. The van der Waals surface area contributed by atoms with Crippen molar-refractivity contribution in [2.75, 3.05) is 25.0 Å². The lowest BCUT2D eigenvalue weighted by atomic mass is 9.75. The van der Waals surface area contributed by atoms with Crippen molar-refractivity contribution in [1.82, 2.24) is 0 Å². The number of amides is 1. The topological polar surface area (TPSA) is 42.8 Å². The molecule has 24 heavy (non-hydrogen) atoms. The molecular weight excluding hydrogens is 314 g/mol. The second-order valence-corrected chi connectivity index (χ2v) is 6.93. The Bertz CT molecular complexity index is 550. The van der Waals surface area contributed by atoms with Gasteiger partial charge in [0.05, 0.1) is 13.1 Å². The van der Waals surface area contributed by atoms with Gasteiger partial charge in [0.15, 0.2) is 6.54 Å². The first-order valence-electron chi connectivity index (χ1n) is 8.78. The Labute approximate surface area is 141 Å². The molecule has 1 saturated heterocycles. The molecule has 1 unspecified atom stereocenters. The highest BCUT2D eigenvalue weighted by Crippen LogP contribution is 2.32. The molecule has 6 heteroatoms. The van der Waals surface area contributed by atoms with E-state index in [0.29, 0.717) is 12.2 Å². The quantitative estimate of drug-likeness (QED) is 0.865. The molecule has 1 aliphatic heterocycles. The van der Waals surface area contributed by atoms with Crippen molar-refractivity contribution >= 4 is 11.6 Å². The first kappa shape index (κ1) is 17.1. The first-order chi connectivity index (χ1) is 11.6. The van der Waals surface area contributed by atoms with Gasteiger partial charge in [-0.15, -0.1) is 0 Å². The molecule has 3 rings (SSSR count). The molecule has 3 atom stereocenters. The van der Waals surface area contributed by atoms with Crippen LogP contribution < -0.4 is 15.0 Å². The van der Waals surface area contributed by atoms with Gasteiger partial charge in [-0.05, 0) is 49.4 Å². The van der Waals surface area contributed by atoms with E-state index in [2.05, 4.69) is 10.1 Å². The molecule has 1 saturated carbocycles. The van der Waals surface area contributed by atoms with Crippen LogP contribution in [0.2, 0.25) is 0 Å². The third-order valence-electron chi connectivity index (χ3n) is 5.26. The van der Waals surface area contributed by atoms with Gasteiger partial charge in [0.2, 0.25) is 0 Å². The standard InChI is InChI=1S/C18H24F2N2O2/c19-18(20)24-16-7-5-15(6-8-16)21-17(23)12-22-10-9-13-3-1-2-4-14(13)11-22/h5-8,13-14,18H,1-4,9-12H2,(H,21,23)/p+1/t13-,14-/m1/s1. The number of ether oxygens (including phenoxy) is 1. The molecule has 1 aliphatic carbocycles. The summed E-state index contributed by atoms with van der Waals surface area (Å²) in [6, 6.07) is 6.03. The minimum Gasteiger partial charge on any atom is -0.435 e. The van der Waals surface area contributed by atoms with E-state index in [9.17, 15) is 13.6 Å². The average Bonchev–Trinajstić information content (AvgIpc) is 2.56. The zero-order valence-corrected chi connectivity index (χ0v) is 13.8. The summed E-state index contributed by atoms with van der Waals surface area (Å²) in [5, 5.41) is 2.84. The molecule has 0 bridgehead atoms. The number of alkyl halides is 2. The van der Waals surface area contributed by atoms with E-state index in [1.54, 1.807) is 12.1 Å². The number of hydrogen-bond donors (Lipinski definition) is 2. The Morgan fingerprint density at radius 1 is 1.17 bits per heavy atom. The normalized spacial score (nSPS) is 26.7. The van der Waals surface area contributed by atoms with Crippen molar-refractivity contribution in [2.45, 2.75) is 38.7 Å². The van der Waals surface area contributed by atoms with Gasteiger partial charge in [-0.1, -0.05) is 12.8 Å². The van der Waals surface area contributed by atoms with E-state index in [1.165, 1.54) is 49.1 Å². The Kier molecular flexibility index (Phi) is 5.66. The van der Waals surface area contributed by atoms with E-state index >= 15 is 0 Å². The molecule has 1 aromatic rings. The Morgan fingerprint density at radius 3 is 2.58 bits per heavy atom. The molecular formula is C18H25F2N2O2+. The fourth-order valence-corrected chi connectivity index (χ4v) is 4.11. The predicted octanol–water partition coefficient (Wildman–Crippen LogP) is 2.32. The summed E-state index contributed by atoms with van der Waals surface area (Å²) in [4.78, 5) is 13.6. The molecule has 1 heterocycles. The van der Waals surface area contributed by atoms with Gasteiger partial charge >= 0.3 is 6.61 Å². The lowest BCUT2D eigenvalue weighted by molar-refractivity contribution is -0.902. The van der Waals surface area contributed by atoms with Gasteiger partial charge in [-0.3, -0.25) is 4.79 Å². The van der Waals surface area contributed by atoms with Crippen molar-refractivity contribution in [1.29, 1.82) is 0 Å². The Hall–Kier alpha value is -1.69. The lowest BCUT2D eigenvalue weighted by Crippen LogP contribution is -3.15. The maximum absolute atomic E-state index is 12.2. The van der Waals surface area contributed by atoms with Gasteiger partial charge in [0.1, 0.15) is 5.75 Å². The molecule has 132 valence electrons. The number of fused-ring (bicyclic) bond motifs is 1. The van der Waals surface area contributed by atoms with Crippen LogP contribution in [0.5, 0.6) is 5.75 Å². The molecule has 0 radical (unpaired) electrons. The third kappa shape index (κ3) is 4.66. The van der Waals surface area contributed by atoms with Crippen LogP contribution in [0.25, 0.3) is 0 Å². The zero-order chi connectivity index (χ0) is 16.9. The molecule has 0 aromatic heterocycles. The van der Waals surface area contributed by atoms with Gasteiger partial charge in [0.25, 0.3) is 5.91 Å². The average molecular weight is 339 g/mol. The summed E-state index contributed by atoms with van der Waals surface area (Å²) >= 11 is 0. The number of carbonyl (C=O) groups excluding carboxylic acids is 1. The van der Waals surface area contributed by atoms with Crippen LogP contribution in [-0.2, 0) is 4.79 Å². The van der Waals surface area contributed by atoms with Crippen LogP contribution in [0.4, 0.5) is 14.5 Å². The Balaban J connectivity index is 1.47. The molecule has 2 fully saturated rings. The van der Waals surface area contributed by atoms with Gasteiger partial charge in [-0.2, -0.15) is 8.78 Å². The highest BCUT2D eigenvalue weighted by atomic mass is 19.3. The van der Waals surface area contributed by atoms with Crippen LogP contribution >= 0.6 is 0 Å². The minimum atomic E-state index is -2.84. The monoisotopic (exact) mass is 339 g/mol. The van der Waals surface area contributed by atoms with Crippen LogP contribution in [-0.4, -0.2) is 32.2 Å². The smallest absolute Gasteiger partial charge is 0.387 e. The summed E-state index contributed by atoms with van der Waals surface area (Å²) in [5.41, 5.74) is 0.605. The number of carbonyl (C=O) groups is 1. The number of benzene rings is 1. The van der Waals surface area contributed by atoms with Crippen molar-refractivity contribution < 1.29 is 23.2 Å². The summed E-state index contributed by atoms with van der Waals surface area (Å²) in [7, 11) is 0. The number of halogens is 2. The molecule has 1 aromatic carbocycles. The highest BCUT2D eigenvalue weighted by Gasteiger charge is 2.34. The molecule has 2 N–H and O–H groups in total. The summed E-state index contributed by atoms with van der Waals surface area (Å²) in [6.45, 7) is -0.204. The largest absolute Gasteiger partial charge is 0.435 e. The van der Waals surface area contributed by atoms with Gasteiger partial charge in [-0.25, -0.2) is 0 Å². The molecule has 0 spiro atoms. The third-order valence-corrected chi connectivity index (χ3v) is 5.26. The fraction of sp³-hybridized carbons (Fsp3) is 0.611. The lowest BCUT2D eigenvalue weighted by Gasteiger charge is -2.38. The van der Waals surface area contributed by atoms with Crippen LogP contribution in [0.3, 0.4) is 0 Å². The van der Waals surface area contributed by atoms with Gasteiger partial charge in [0, 0.05) is 11.6 Å². The van der Waals surface area contributed by atoms with E-state index in [-0.39, 0.29) is 11.7 Å². The van der Waals surface area contributed by atoms with Gasteiger partial charge < -0.3 is 15.0 Å². The van der Waals surface area contributed by atoms with E-state index in [1.807, 2.05) is 0 Å². The SMILES string of the molecule is O=C(C[NH+]1CC[C@H]2CCCC[C@@H]2C1)Nc1ccc(OC(F)F)cc1. The maximum Gasteiger partial charge on any atom is 0.387 e. The zero-order valence-electron chi connectivity index (χ0n) is 13.8.